The van der Waals surface area contributed by atoms with Crippen molar-refractivity contribution >= 4 is 17.5 Å². The zero-order chi connectivity index (χ0) is 15.2. The molecule has 0 spiro atoms. The number of hydrogen-bond donors (Lipinski definition) is 0. The minimum Gasteiger partial charge on any atom is -0.342 e. The zero-order valence-corrected chi connectivity index (χ0v) is 13.6. The van der Waals surface area contributed by atoms with Crippen molar-refractivity contribution in [3.63, 3.8) is 0 Å². The molecule has 116 valence electrons. The number of piperidine rings is 1. The van der Waals surface area contributed by atoms with Crippen LogP contribution in [0.3, 0.4) is 0 Å². The maximum absolute atomic E-state index is 12.2. The largest absolute Gasteiger partial charge is 0.342 e. The first-order valence-corrected chi connectivity index (χ1v) is 7.99. The van der Waals surface area contributed by atoms with Gasteiger partial charge in [-0.3, -0.25) is 4.79 Å². The lowest BCUT2D eigenvalue weighted by atomic mass is 10.00. The van der Waals surface area contributed by atoms with Gasteiger partial charge in [0, 0.05) is 44.4 Å². The molecule has 1 unspecified atom stereocenters. The first kappa shape index (κ1) is 16.2. The molecule has 0 N–H and O–H groups in total. The number of carbonyl (C=O) groups excluding carboxylic acids is 1. The molecule has 2 rings (SSSR count). The van der Waals surface area contributed by atoms with E-state index >= 15 is 0 Å². The highest BCUT2D eigenvalue weighted by Crippen LogP contribution is 2.17. The van der Waals surface area contributed by atoms with Gasteiger partial charge in [-0.25, -0.2) is 4.98 Å². The average molecular weight is 310 g/mol. The molecule has 21 heavy (non-hydrogen) atoms. The van der Waals surface area contributed by atoms with E-state index in [1.165, 1.54) is 6.42 Å². The smallest absolute Gasteiger partial charge is 0.223 e. The SMILES string of the molecule is CC1CCCN(C(=O)CCN(C)Cc2cccnc2Cl)C1. The van der Waals surface area contributed by atoms with Crippen LogP contribution in [0.15, 0.2) is 18.3 Å². The molecular formula is C16H24ClN3O. The van der Waals surface area contributed by atoms with Crippen LogP contribution in [0.2, 0.25) is 5.15 Å². The Morgan fingerprint density at radius 3 is 3.10 bits per heavy atom. The van der Waals surface area contributed by atoms with Crippen LogP contribution in [0.4, 0.5) is 0 Å². The first-order chi connectivity index (χ1) is 10.1. The molecule has 1 amide bonds. The number of likely N-dealkylation sites (tertiary alicyclic amines) is 1. The number of carbonyl (C=O) groups is 1. The summed E-state index contributed by atoms with van der Waals surface area (Å²) in [6.45, 7) is 5.51. The highest BCUT2D eigenvalue weighted by atomic mass is 35.5. The van der Waals surface area contributed by atoms with Crippen LogP contribution in [0, 0.1) is 5.92 Å². The van der Waals surface area contributed by atoms with Crippen molar-refractivity contribution in [2.75, 3.05) is 26.7 Å². The third-order valence-corrected chi connectivity index (χ3v) is 4.33. The summed E-state index contributed by atoms with van der Waals surface area (Å²) in [5.74, 6) is 0.903. The normalized spacial score (nSPS) is 19.0. The molecule has 0 radical (unpaired) electrons. The van der Waals surface area contributed by atoms with E-state index in [4.69, 9.17) is 11.6 Å². The molecule has 0 bridgehead atoms. The maximum atomic E-state index is 12.2. The van der Waals surface area contributed by atoms with Gasteiger partial charge in [0.2, 0.25) is 5.91 Å². The number of amides is 1. The van der Waals surface area contributed by atoms with Gasteiger partial charge in [-0.1, -0.05) is 24.6 Å². The fourth-order valence-corrected chi connectivity index (χ4v) is 2.95. The van der Waals surface area contributed by atoms with E-state index in [0.717, 1.165) is 38.2 Å². The van der Waals surface area contributed by atoms with Crippen molar-refractivity contribution in [3.05, 3.63) is 29.0 Å². The zero-order valence-electron chi connectivity index (χ0n) is 12.9. The topological polar surface area (TPSA) is 36.4 Å². The Morgan fingerprint density at radius 2 is 2.38 bits per heavy atom. The van der Waals surface area contributed by atoms with E-state index < -0.39 is 0 Å². The molecule has 1 fully saturated rings. The van der Waals surface area contributed by atoms with Gasteiger partial charge < -0.3 is 9.80 Å². The van der Waals surface area contributed by atoms with E-state index in [9.17, 15) is 4.79 Å². The molecular weight excluding hydrogens is 286 g/mol. The summed E-state index contributed by atoms with van der Waals surface area (Å²) in [5, 5.41) is 0.542. The van der Waals surface area contributed by atoms with E-state index in [0.29, 0.717) is 17.5 Å². The summed E-state index contributed by atoms with van der Waals surface area (Å²) in [6.07, 6.45) is 4.63. The monoisotopic (exact) mass is 309 g/mol. The predicted octanol–water partition coefficient (Wildman–Crippen LogP) is 2.82. The number of aromatic nitrogens is 1. The number of halogens is 1. The summed E-state index contributed by atoms with van der Waals surface area (Å²) in [4.78, 5) is 20.4. The second-order valence-electron chi connectivity index (χ2n) is 6.03. The lowest BCUT2D eigenvalue weighted by Gasteiger charge is -2.31. The second-order valence-corrected chi connectivity index (χ2v) is 6.39. The fourth-order valence-electron chi connectivity index (χ4n) is 2.77. The Kier molecular flexibility index (Phi) is 6.00. The summed E-state index contributed by atoms with van der Waals surface area (Å²) in [7, 11) is 2.01. The van der Waals surface area contributed by atoms with Gasteiger partial charge in [0.25, 0.3) is 0 Å². The van der Waals surface area contributed by atoms with Gasteiger partial charge in [-0.2, -0.15) is 0 Å². The first-order valence-electron chi connectivity index (χ1n) is 7.62. The Hall–Kier alpha value is -1.13. The lowest BCUT2D eigenvalue weighted by molar-refractivity contribution is -0.133. The van der Waals surface area contributed by atoms with Crippen molar-refractivity contribution in [2.24, 2.45) is 5.92 Å². The highest BCUT2D eigenvalue weighted by Gasteiger charge is 2.20. The fraction of sp³-hybridized carbons (Fsp3) is 0.625. The Balaban J connectivity index is 1.77. The maximum Gasteiger partial charge on any atom is 0.223 e. The quantitative estimate of drug-likeness (QED) is 0.785. The van der Waals surface area contributed by atoms with Crippen LogP contribution in [-0.2, 0) is 11.3 Å². The molecule has 0 aliphatic carbocycles. The van der Waals surface area contributed by atoms with E-state index in [-0.39, 0.29) is 5.91 Å². The van der Waals surface area contributed by atoms with Gasteiger partial charge in [0.15, 0.2) is 0 Å². The van der Waals surface area contributed by atoms with Crippen molar-refractivity contribution in [1.29, 1.82) is 0 Å². The van der Waals surface area contributed by atoms with Crippen molar-refractivity contribution in [2.45, 2.75) is 32.7 Å². The molecule has 1 saturated heterocycles. The van der Waals surface area contributed by atoms with Crippen LogP contribution < -0.4 is 0 Å². The standard InChI is InChI=1S/C16H24ClN3O/c1-13-5-4-9-20(11-13)15(21)7-10-19(2)12-14-6-3-8-18-16(14)17/h3,6,8,13H,4-5,7,9-12H2,1-2H3. The third-order valence-electron chi connectivity index (χ3n) is 3.99. The number of pyridine rings is 1. The molecule has 1 aromatic rings. The molecule has 0 aromatic carbocycles. The molecule has 0 saturated carbocycles. The second kappa shape index (κ2) is 7.76. The van der Waals surface area contributed by atoms with Gasteiger partial charge in [0.1, 0.15) is 5.15 Å². The highest BCUT2D eigenvalue weighted by molar-refractivity contribution is 6.30. The number of rotatable bonds is 5. The molecule has 1 aromatic heterocycles. The summed E-state index contributed by atoms with van der Waals surface area (Å²) in [5.41, 5.74) is 1.00. The Labute approximate surface area is 132 Å². The van der Waals surface area contributed by atoms with Gasteiger partial charge in [-0.05, 0) is 31.9 Å². The van der Waals surface area contributed by atoms with Crippen LogP contribution in [0.25, 0.3) is 0 Å². The van der Waals surface area contributed by atoms with Gasteiger partial charge in [0.05, 0.1) is 0 Å². The lowest BCUT2D eigenvalue weighted by Crippen LogP contribution is -2.40. The van der Waals surface area contributed by atoms with Crippen LogP contribution in [0.5, 0.6) is 0 Å². The van der Waals surface area contributed by atoms with Gasteiger partial charge in [-0.15, -0.1) is 0 Å². The molecule has 1 aliphatic heterocycles. The molecule has 1 aliphatic rings. The van der Waals surface area contributed by atoms with Crippen LogP contribution >= 0.6 is 11.6 Å². The summed E-state index contributed by atoms with van der Waals surface area (Å²) < 4.78 is 0. The Morgan fingerprint density at radius 1 is 1.57 bits per heavy atom. The minimum absolute atomic E-state index is 0.269. The number of nitrogens with zero attached hydrogens (tertiary/aromatic N) is 3. The van der Waals surface area contributed by atoms with Crippen LogP contribution in [-0.4, -0.2) is 47.4 Å². The van der Waals surface area contributed by atoms with Crippen molar-refractivity contribution in [3.8, 4) is 0 Å². The minimum atomic E-state index is 0.269. The number of hydrogen-bond acceptors (Lipinski definition) is 3. The van der Waals surface area contributed by atoms with Crippen molar-refractivity contribution < 1.29 is 4.79 Å². The van der Waals surface area contributed by atoms with E-state index in [2.05, 4.69) is 16.8 Å². The van der Waals surface area contributed by atoms with Crippen molar-refractivity contribution in [1.82, 2.24) is 14.8 Å². The van der Waals surface area contributed by atoms with Gasteiger partial charge >= 0.3 is 0 Å². The average Bonchev–Trinajstić information content (AvgIpc) is 2.47. The molecule has 4 nitrogen and oxygen atoms in total. The third kappa shape index (κ3) is 4.97. The summed E-state index contributed by atoms with van der Waals surface area (Å²) >= 11 is 6.06. The van der Waals surface area contributed by atoms with E-state index in [1.54, 1.807) is 6.20 Å². The van der Waals surface area contributed by atoms with E-state index in [1.807, 2.05) is 24.1 Å². The van der Waals surface area contributed by atoms with Crippen LogP contribution in [0.1, 0.15) is 31.7 Å². The molecule has 1 atom stereocenters. The molecule has 5 heteroatoms. The Bertz CT molecular complexity index is 480. The summed E-state index contributed by atoms with van der Waals surface area (Å²) in [6, 6.07) is 3.86. The molecule has 2 heterocycles. The predicted molar refractivity (Wildman–Crippen MR) is 85.2 cm³/mol.